The van der Waals surface area contributed by atoms with Crippen molar-refractivity contribution in [2.24, 2.45) is 0 Å². The second-order valence-corrected chi connectivity index (χ2v) is 13.8. The predicted octanol–water partition coefficient (Wildman–Crippen LogP) is 14.4. The van der Waals surface area contributed by atoms with Gasteiger partial charge in [-0.2, -0.15) is 0 Å². The molecule has 0 bridgehead atoms. The summed E-state index contributed by atoms with van der Waals surface area (Å²) in [6, 6.07) is 0. The van der Waals surface area contributed by atoms with Crippen LogP contribution in [0.5, 0.6) is 0 Å². The zero-order chi connectivity index (χ0) is 34.0. The molecule has 0 amide bonds. The second-order valence-electron chi connectivity index (χ2n) is 13.8. The summed E-state index contributed by atoms with van der Waals surface area (Å²) in [6.45, 7) is 10.2. The molecule has 0 atom stereocenters. The van der Waals surface area contributed by atoms with E-state index in [9.17, 15) is 9.59 Å². The van der Waals surface area contributed by atoms with Crippen LogP contribution in [0.3, 0.4) is 0 Å². The zero-order valence-corrected chi connectivity index (χ0v) is 32.1. The van der Waals surface area contributed by atoms with Gasteiger partial charge in [-0.15, -0.1) is 0 Å². The highest BCUT2D eigenvalue weighted by Gasteiger charge is 2.03. The minimum atomic E-state index is 0.0000525. The van der Waals surface area contributed by atoms with E-state index in [0.29, 0.717) is 26.1 Å². The molecule has 4 nitrogen and oxygen atoms in total. The summed E-state index contributed by atoms with van der Waals surface area (Å²) < 4.78 is 10.5. The SMILES string of the molecule is CCCCCCCCCCCCCCCCCCOC(=O)CCCCCCC.CCCCCCCCOC(=O)CCCCCCC. The van der Waals surface area contributed by atoms with Crippen LogP contribution < -0.4 is 0 Å². The molecule has 0 radical (unpaired) electrons. The van der Waals surface area contributed by atoms with Gasteiger partial charge in [-0.05, 0) is 25.7 Å². The lowest BCUT2D eigenvalue weighted by molar-refractivity contribution is -0.144. The largest absolute Gasteiger partial charge is 0.466 e. The van der Waals surface area contributed by atoms with E-state index >= 15 is 0 Å². The maximum absolute atomic E-state index is 11.6. The van der Waals surface area contributed by atoms with Gasteiger partial charge >= 0.3 is 11.9 Å². The molecule has 0 unspecified atom stereocenters. The molecule has 0 saturated carbocycles. The quantitative estimate of drug-likeness (QED) is 0.0499. The number of hydrogen-bond acceptors (Lipinski definition) is 4. The fourth-order valence-corrected chi connectivity index (χ4v) is 5.79. The van der Waals surface area contributed by atoms with E-state index < -0.39 is 0 Å². The average molecular weight is 653 g/mol. The Hall–Kier alpha value is -1.06. The monoisotopic (exact) mass is 653 g/mol. The molecule has 0 aliphatic rings. The van der Waals surface area contributed by atoms with E-state index in [1.807, 2.05) is 0 Å². The van der Waals surface area contributed by atoms with Crippen molar-refractivity contribution in [3.8, 4) is 0 Å². The summed E-state index contributed by atoms with van der Waals surface area (Å²) in [7, 11) is 0. The lowest BCUT2D eigenvalue weighted by Crippen LogP contribution is -2.05. The van der Waals surface area contributed by atoms with Gasteiger partial charge < -0.3 is 9.47 Å². The molecule has 0 heterocycles. The zero-order valence-electron chi connectivity index (χ0n) is 32.1. The summed E-state index contributed by atoms with van der Waals surface area (Å²) in [5.41, 5.74) is 0. The summed E-state index contributed by atoms with van der Waals surface area (Å²) in [5, 5.41) is 0. The van der Waals surface area contributed by atoms with Crippen LogP contribution >= 0.6 is 0 Å². The van der Waals surface area contributed by atoms with Gasteiger partial charge in [0.1, 0.15) is 0 Å². The van der Waals surface area contributed by atoms with Crippen molar-refractivity contribution < 1.29 is 19.1 Å². The average Bonchev–Trinajstić information content (AvgIpc) is 3.06. The predicted molar refractivity (Wildman–Crippen MR) is 202 cm³/mol. The van der Waals surface area contributed by atoms with Crippen LogP contribution in [0, 0.1) is 0 Å². The molecule has 0 aliphatic heterocycles. The first-order chi connectivity index (χ1) is 22.6. The molecular formula is C42H84O4. The van der Waals surface area contributed by atoms with Gasteiger partial charge in [0.15, 0.2) is 0 Å². The van der Waals surface area contributed by atoms with E-state index in [0.717, 1.165) is 25.7 Å². The topological polar surface area (TPSA) is 52.6 Å². The Kier molecular flexibility index (Phi) is 45.0. The minimum absolute atomic E-state index is 0.0000525. The van der Waals surface area contributed by atoms with Crippen LogP contribution in [0.4, 0.5) is 0 Å². The summed E-state index contributed by atoms with van der Waals surface area (Å²) >= 11 is 0. The molecule has 0 saturated heterocycles. The van der Waals surface area contributed by atoms with Crippen LogP contribution in [0.25, 0.3) is 0 Å². The Balaban J connectivity index is 0. The number of esters is 2. The van der Waals surface area contributed by atoms with Crippen molar-refractivity contribution in [3.05, 3.63) is 0 Å². The Morgan fingerprint density at radius 3 is 0.717 bits per heavy atom. The number of carbonyl (C=O) groups excluding carboxylic acids is 2. The van der Waals surface area contributed by atoms with Gasteiger partial charge in [0.25, 0.3) is 0 Å². The molecule has 276 valence electrons. The van der Waals surface area contributed by atoms with Crippen molar-refractivity contribution in [1.82, 2.24) is 0 Å². The molecule has 0 rings (SSSR count). The normalized spacial score (nSPS) is 10.9. The Labute approximate surface area is 289 Å². The molecule has 0 aromatic carbocycles. The van der Waals surface area contributed by atoms with Crippen LogP contribution in [0.1, 0.15) is 246 Å². The first kappa shape index (κ1) is 47.1. The maximum atomic E-state index is 11.6. The van der Waals surface area contributed by atoms with Gasteiger partial charge in [-0.25, -0.2) is 0 Å². The lowest BCUT2D eigenvalue weighted by Gasteiger charge is -2.05. The van der Waals surface area contributed by atoms with Crippen molar-refractivity contribution in [3.63, 3.8) is 0 Å². The molecule has 0 aliphatic carbocycles. The number of unbranched alkanes of at least 4 members (excludes halogenated alkanes) is 28. The molecule has 0 aromatic heterocycles. The smallest absolute Gasteiger partial charge is 0.305 e. The summed E-state index contributed by atoms with van der Waals surface area (Å²) in [4.78, 5) is 23.0. The number of hydrogen-bond donors (Lipinski definition) is 0. The van der Waals surface area contributed by atoms with Crippen LogP contribution in [-0.2, 0) is 19.1 Å². The first-order valence-electron chi connectivity index (χ1n) is 20.9. The molecule has 0 fully saturated rings. The van der Waals surface area contributed by atoms with Crippen molar-refractivity contribution in [2.75, 3.05) is 13.2 Å². The fourth-order valence-electron chi connectivity index (χ4n) is 5.79. The highest BCUT2D eigenvalue weighted by atomic mass is 16.5. The van der Waals surface area contributed by atoms with Gasteiger partial charge in [0.2, 0.25) is 0 Å². The van der Waals surface area contributed by atoms with E-state index in [1.165, 1.54) is 180 Å². The van der Waals surface area contributed by atoms with Crippen molar-refractivity contribution >= 4 is 11.9 Å². The molecule has 0 N–H and O–H groups in total. The Morgan fingerprint density at radius 1 is 0.283 bits per heavy atom. The lowest BCUT2D eigenvalue weighted by atomic mass is 10.0. The van der Waals surface area contributed by atoms with E-state index in [2.05, 4.69) is 27.7 Å². The number of ether oxygens (including phenoxy) is 2. The summed E-state index contributed by atoms with van der Waals surface area (Å²) in [5.74, 6) is 0.0116. The molecule has 0 aromatic rings. The van der Waals surface area contributed by atoms with Gasteiger partial charge in [-0.1, -0.05) is 207 Å². The van der Waals surface area contributed by atoms with E-state index in [-0.39, 0.29) is 11.9 Å². The third-order valence-electron chi connectivity index (χ3n) is 8.99. The van der Waals surface area contributed by atoms with E-state index in [1.54, 1.807) is 0 Å². The maximum Gasteiger partial charge on any atom is 0.305 e. The minimum Gasteiger partial charge on any atom is -0.466 e. The fraction of sp³-hybridized carbons (Fsp3) is 0.952. The van der Waals surface area contributed by atoms with Crippen LogP contribution in [0.2, 0.25) is 0 Å². The van der Waals surface area contributed by atoms with Gasteiger partial charge in [0, 0.05) is 12.8 Å². The summed E-state index contributed by atoms with van der Waals surface area (Å²) in [6.07, 6.45) is 42.6. The highest BCUT2D eigenvalue weighted by molar-refractivity contribution is 5.69. The highest BCUT2D eigenvalue weighted by Crippen LogP contribution is 2.14. The van der Waals surface area contributed by atoms with Crippen molar-refractivity contribution in [1.29, 1.82) is 0 Å². The van der Waals surface area contributed by atoms with Gasteiger partial charge in [-0.3, -0.25) is 9.59 Å². The van der Waals surface area contributed by atoms with Crippen LogP contribution in [-0.4, -0.2) is 25.2 Å². The van der Waals surface area contributed by atoms with Crippen molar-refractivity contribution in [2.45, 2.75) is 246 Å². The molecule has 46 heavy (non-hydrogen) atoms. The van der Waals surface area contributed by atoms with Gasteiger partial charge in [0.05, 0.1) is 13.2 Å². The first-order valence-corrected chi connectivity index (χ1v) is 20.9. The van der Waals surface area contributed by atoms with Crippen LogP contribution in [0.15, 0.2) is 0 Å². The molecule has 4 heteroatoms. The van der Waals surface area contributed by atoms with E-state index in [4.69, 9.17) is 9.47 Å². The third kappa shape index (κ3) is 45.1. The Bertz CT molecular complexity index is 576. The number of carbonyl (C=O) groups is 2. The standard InChI is InChI=1S/C26H52O2.C16H32O2/c1-3-5-7-9-10-11-12-13-14-15-16-17-18-19-21-23-25-28-26(27)24-22-20-8-6-4-2;1-3-5-7-9-11-13-15-18-16(17)14-12-10-8-6-4-2/h3-25H2,1-2H3;3-15H2,1-2H3. The number of rotatable bonds is 36. The molecule has 0 spiro atoms. The third-order valence-corrected chi connectivity index (χ3v) is 8.99. The molecular weight excluding hydrogens is 568 g/mol. The Morgan fingerprint density at radius 2 is 0.478 bits per heavy atom. The second kappa shape index (κ2) is 43.9.